The van der Waals surface area contributed by atoms with E-state index in [1.165, 1.54) is 31.7 Å². The quantitative estimate of drug-likeness (QED) is 0.168. The van der Waals surface area contributed by atoms with E-state index >= 15 is 0 Å². The Kier molecular flexibility index (Phi) is 8.45. The van der Waals surface area contributed by atoms with Crippen LogP contribution in [0.25, 0.3) is 54.5 Å². The molecule has 225 valence electrons. The molecule has 0 unspecified atom stereocenters. The number of rotatable bonds is 3. The zero-order valence-electron chi connectivity index (χ0n) is 28.0. The van der Waals surface area contributed by atoms with E-state index in [0.29, 0.717) is 11.3 Å². The average Bonchev–Trinajstić information content (AvgIpc) is 3.58. The van der Waals surface area contributed by atoms with Crippen molar-refractivity contribution in [3.8, 4) is 22.5 Å². The Hall–Kier alpha value is -3.63. The molecule has 7 rings (SSSR count). The molecule has 0 N–H and O–H groups in total. The van der Waals surface area contributed by atoms with Crippen LogP contribution in [0.2, 0.25) is 0 Å². The summed E-state index contributed by atoms with van der Waals surface area (Å²) in [6, 6.07) is 28.6. The maximum atomic E-state index is 8.63. The van der Waals surface area contributed by atoms with Crippen molar-refractivity contribution >= 4 is 43.4 Å². The second-order valence-corrected chi connectivity index (χ2v) is 13.4. The van der Waals surface area contributed by atoms with Crippen molar-refractivity contribution in [1.82, 2.24) is 9.97 Å². The van der Waals surface area contributed by atoms with Gasteiger partial charge in [0.05, 0.1) is 5.58 Å². The molecule has 0 aliphatic rings. The van der Waals surface area contributed by atoms with Crippen LogP contribution in [0.1, 0.15) is 50.6 Å². The van der Waals surface area contributed by atoms with Gasteiger partial charge in [-0.25, -0.2) is 0 Å². The number of thiophene rings is 1. The van der Waals surface area contributed by atoms with Crippen LogP contribution in [-0.4, -0.2) is 9.97 Å². The number of aromatic nitrogens is 2. The van der Waals surface area contributed by atoms with E-state index in [1.807, 2.05) is 57.3 Å². The van der Waals surface area contributed by atoms with Crippen molar-refractivity contribution in [1.29, 1.82) is 0 Å². The smallest absolute Gasteiger partial charge is 0.122 e. The summed E-state index contributed by atoms with van der Waals surface area (Å²) in [5.41, 5.74) is 8.87. The Morgan fingerprint density at radius 3 is 2.43 bits per heavy atom. The van der Waals surface area contributed by atoms with Gasteiger partial charge in [-0.05, 0) is 79.2 Å². The van der Waals surface area contributed by atoms with Gasteiger partial charge in [-0.15, -0.1) is 64.9 Å². The molecular formula is C39H36IrN2OS-2. The van der Waals surface area contributed by atoms with Crippen LogP contribution >= 0.6 is 11.3 Å². The molecule has 0 amide bonds. The van der Waals surface area contributed by atoms with Crippen molar-refractivity contribution < 1.29 is 27.3 Å². The number of hydrogen-bond acceptors (Lipinski definition) is 4. The molecule has 7 aromatic rings. The molecule has 5 heteroatoms. The van der Waals surface area contributed by atoms with Gasteiger partial charge in [0.25, 0.3) is 0 Å². The van der Waals surface area contributed by atoms with Crippen LogP contribution in [-0.2, 0) is 26.5 Å². The third kappa shape index (κ3) is 6.71. The second-order valence-electron chi connectivity index (χ2n) is 12.1. The van der Waals surface area contributed by atoms with Crippen LogP contribution in [0.4, 0.5) is 0 Å². The number of nitrogens with zero attached hydrogens (tertiary/aromatic N) is 2. The van der Waals surface area contributed by atoms with Gasteiger partial charge in [0.2, 0.25) is 0 Å². The zero-order chi connectivity index (χ0) is 32.1. The fourth-order valence-electron chi connectivity index (χ4n) is 5.15. The molecule has 0 saturated carbocycles. The summed E-state index contributed by atoms with van der Waals surface area (Å²) < 4.78 is 24.8. The van der Waals surface area contributed by atoms with Gasteiger partial charge < -0.3 is 14.4 Å². The molecule has 0 aliphatic carbocycles. The Morgan fingerprint density at radius 1 is 0.886 bits per heavy atom. The maximum Gasteiger partial charge on any atom is 0.122 e. The zero-order valence-corrected chi connectivity index (χ0v) is 29.3. The van der Waals surface area contributed by atoms with E-state index in [2.05, 4.69) is 80.1 Å². The SMILES string of the molecule is Cc1c[c-]c(-c2cc(C)c(C)cn2)cc1.[2H]C([2H])(c1ccnc(-c2[c-]ccc3c2oc2ccc4cc(C)sc4c23)c1)C(C)(C)C.[Ir]. The van der Waals surface area contributed by atoms with E-state index in [-0.39, 0.29) is 20.1 Å². The number of aryl methyl sites for hydroxylation is 4. The Bertz CT molecular complexity index is 2180. The van der Waals surface area contributed by atoms with Crippen molar-refractivity contribution in [3.05, 3.63) is 118 Å². The van der Waals surface area contributed by atoms with Crippen LogP contribution in [0.3, 0.4) is 0 Å². The third-order valence-corrected chi connectivity index (χ3v) is 8.44. The minimum atomic E-state index is -1.49. The minimum Gasteiger partial charge on any atom is -0.501 e. The first-order valence-corrected chi connectivity index (χ1v) is 15.3. The van der Waals surface area contributed by atoms with Gasteiger partial charge >= 0.3 is 0 Å². The molecule has 44 heavy (non-hydrogen) atoms. The Morgan fingerprint density at radius 2 is 1.70 bits per heavy atom. The summed E-state index contributed by atoms with van der Waals surface area (Å²) >= 11 is 1.78. The molecule has 0 bridgehead atoms. The van der Waals surface area contributed by atoms with Crippen molar-refractivity contribution in [2.75, 3.05) is 0 Å². The number of furan rings is 1. The van der Waals surface area contributed by atoms with Crippen molar-refractivity contribution in [3.63, 3.8) is 0 Å². The third-order valence-electron chi connectivity index (χ3n) is 7.35. The van der Waals surface area contributed by atoms with Crippen molar-refractivity contribution in [2.45, 2.75) is 54.8 Å². The number of benzene rings is 3. The predicted octanol–water partition coefficient (Wildman–Crippen LogP) is 11.0. The molecule has 1 radical (unpaired) electrons. The van der Waals surface area contributed by atoms with Gasteiger partial charge in [-0.1, -0.05) is 61.9 Å². The van der Waals surface area contributed by atoms with Crippen LogP contribution in [0.15, 0.2) is 83.5 Å². The molecule has 4 aromatic heterocycles. The molecule has 0 fully saturated rings. The molecule has 0 aliphatic heterocycles. The van der Waals surface area contributed by atoms with Crippen LogP contribution in [0, 0.1) is 45.2 Å². The normalized spacial score (nSPS) is 12.4. The molecule has 0 atom stereocenters. The van der Waals surface area contributed by atoms with E-state index in [4.69, 9.17) is 7.16 Å². The summed E-state index contributed by atoms with van der Waals surface area (Å²) in [5.74, 6) is 0. The second kappa shape index (κ2) is 12.8. The van der Waals surface area contributed by atoms with Crippen molar-refractivity contribution in [2.24, 2.45) is 5.41 Å². The molecule has 3 nitrogen and oxygen atoms in total. The van der Waals surface area contributed by atoms with Crippen LogP contribution in [0.5, 0.6) is 0 Å². The average molecular weight is 775 g/mol. The summed E-state index contributed by atoms with van der Waals surface area (Å²) in [5, 5.41) is 3.38. The molecular weight excluding hydrogens is 737 g/mol. The predicted molar refractivity (Wildman–Crippen MR) is 182 cm³/mol. The fraction of sp³-hybridized carbons (Fsp3) is 0.231. The van der Waals surface area contributed by atoms with Gasteiger partial charge in [-0.2, -0.15) is 0 Å². The molecule has 0 spiro atoms. The summed E-state index contributed by atoms with van der Waals surface area (Å²) in [6.07, 6.45) is 2.09. The fourth-order valence-corrected chi connectivity index (χ4v) is 6.22. The van der Waals surface area contributed by atoms with Gasteiger partial charge in [0.1, 0.15) is 5.58 Å². The number of fused-ring (bicyclic) bond motifs is 5. The van der Waals surface area contributed by atoms with Gasteiger partial charge in [0.15, 0.2) is 0 Å². The Labute approximate surface area is 280 Å². The Balaban J connectivity index is 0.000000220. The summed E-state index contributed by atoms with van der Waals surface area (Å²) in [6.45, 7) is 14.1. The number of hydrogen-bond donors (Lipinski definition) is 0. The maximum absolute atomic E-state index is 8.63. The first-order chi connectivity index (χ1) is 21.3. The van der Waals surface area contributed by atoms with E-state index in [1.54, 1.807) is 23.6 Å². The van der Waals surface area contributed by atoms with E-state index in [0.717, 1.165) is 38.8 Å². The van der Waals surface area contributed by atoms with Gasteiger partial charge in [-0.3, -0.25) is 0 Å². The molecule has 0 saturated heterocycles. The van der Waals surface area contributed by atoms with Crippen LogP contribution < -0.4 is 0 Å². The molecule has 4 heterocycles. The van der Waals surface area contributed by atoms with E-state index in [9.17, 15) is 0 Å². The standard InChI is InChI=1S/C25H22NOS.C14H14N.Ir/c1-15-12-17-8-9-21-22(24(17)28-15)19-7-5-6-18(23(19)27-21)20-13-16(10-11-26-20)14-25(2,3)4;1-10-4-6-13(7-5-10)14-8-11(2)12(3)9-15-14;/h5,7-13H,14H2,1-4H3;4-6,8-9H,1-3H3;/q2*-1;/i14D2;;. The topological polar surface area (TPSA) is 38.9 Å². The first kappa shape index (κ1) is 29.1. The first-order valence-electron chi connectivity index (χ1n) is 15.5. The number of pyridine rings is 2. The van der Waals surface area contributed by atoms with Gasteiger partial charge in [0, 0.05) is 50.2 Å². The minimum absolute atomic E-state index is 0. The monoisotopic (exact) mass is 775 g/mol. The summed E-state index contributed by atoms with van der Waals surface area (Å²) in [4.78, 5) is 10.2. The largest absolute Gasteiger partial charge is 0.501 e. The molecule has 3 aromatic carbocycles. The summed E-state index contributed by atoms with van der Waals surface area (Å²) in [7, 11) is 0. The van der Waals surface area contributed by atoms with E-state index < -0.39 is 11.8 Å².